The second-order valence-electron chi connectivity index (χ2n) is 2.66. The maximum Gasteiger partial charge on any atom is 0.242 e. The highest BCUT2D eigenvalue weighted by molar-refractivity contribution is 7.89. The third-order valence-corrected chi connectivity index (χ3v) is 3.21. The van der Waals surface area contributed by atoms with Gasteiger partial charge in [0.1, 0.15) is 10.0 Å². The number of aromatic nitrogens is 1. The fraction of sp³-hybridized carbons (Fsp3) is 0.125. The highest BCUT2D eigenvalue weighted by atomic mass is 35.5. The van der Waals surface area contributed by atoms with E-state index >= 15 is 0 Å². The van der Waals surface area contributed by atoms with Crippen molar-refractivity contribution in [3.63, 3.8) is 0 Å². The topological polar surface area (TPSA) is 59.1 Å². The maximum atomic E-state index is 11.6. The molecule has 0 unspecified atom stereocenters. The van der Waals surface area contributed by atoms with Crippen LogP contribution in [0.25, 0.3) is 0 Å². The van der Waals surface area contributed by atoms with Gasteiger partial charge in [-0.3, -0.25) is 0 Å². The average molecular weight is 267 g/mol. The molecule has 0 radical (unpaired) electrons. The molecule has 1 N–H and O–H groups in total. The Morgan fingerprint density at radius 2 is 2.20 bits per heavy atom. The van der Waals surface area contributed by atoms with E-state index < -0.39 is 10.0 Å². The van der Waals surface area contributed by atoms with Gasteiger partial charge in [-0.2, -0.15) is 0 Å². The van der Waals surface area contributed by atoms with Gasteiger partial charge in [0, 0.05) is 17.8 Å². The zero-order valence-corrected chi connectivity index (χ0v) is 9.90. The molecule has 1 aromatic heterocycles. The van der Waals surface area contributed by atoms with Crippen LogP contribution in [-0.2, 0) is 10.0 Å². The molecular weight excluding hydrogens is 259 g/mol. The third-order valence-electron chi connectivity index (χ3n) is 1.46. The van der Waals surface area contributed by atoms with Crippen molar-refractivity contribution in [2.45, 2.75) is 4.90 Å². The van der Waals surface area contributed by atoms with Crippen molar-refractivity contribution in [3.05, 3.63) is 35.1 Å². The van der Waals surface area contributed by atoms with Gasteiger partial charge in [-0.05, 0) is 12.1 Å². The first-order valence-corrected chi connectivity index (χ1v) is 6.10. The van der Waals surface area contributed by atoms with Crippen LogP contribution in [0.1, 0.15) is 0 Å². The second-order valence-corrected chi connectivity index (χ2v) is 5.35. The van der Waals surface area contributed by atoms with Crippen LogP contribution in [0.3, 0.4) is 0 Å². The van der Waals surface area contributed by atoms with Gasteiger partial charge in [-0.1, -0.05) is 29.8 Å². The molecule has 0 aliphatic carbocycles. The minimum atomic E-state index is -3.59. The van der Waals surface area contributed by atoms with Gasteiger partial charge >= 0.3 is 0 Å². The molecule has 1 heterocycles. The number of rotatable bonds is 4. The van der Waals surface area contributed by atoms with Crippen molar-refractivity contribution >= 4 is 33.2 Å². The van der Waals surface area contributed by atoms with E-state index in [1.54, 1.807) is 0 Å². The first-order chi connectivity index (χ1) is 6.92. The van der Waals surface area contributed by atoms with Crippen LogP contribution in [0.4, 0.5) is 0 Å². The van der Waals surface area contributed by atoms with Crippen molar-refractivity contribution in [1.82, 2.24) is 9.71 Å². The van der Waals surface area contributed by atoms with Gasteiger partial charge in [-0.25, -0.2) is 18.1 Å². The van der Waals surface area contributed by atoms with Crippen molar-refractivity contribution in [1.29, 1.82) is 0 Å². The number of sulfonamides is 1. The van der Waals surface area contributed by atoms with Crippen molar-refractivity contribution in [2.75, 3.05) is 6.54 Å². The van der Waals surface area contributed by atoms with Crippen LogP contribution < -0.4 is 4.72 Å². The lowest BCUT2D eigenvalue weighted by Crippen LogP contribution is -2.24. The van der Waals surface area contributed by atoms with Crippen LogP contribution >= 0.6 is 23.2 Å². The SMILES string of the molecule is C=C(Cl)CNS(=O)(=O)c1ccc(Cl)nc1. The Morgan fingerprint density at radius 1 is 1.53 bits per heavy atom. The lowest BCUT2D eigenvalue weighted by Gasteiger charge is -2.04. The van der Waals surface area contributed by atoms with E-state index in [0.29, 0.717) is 0 Å². The summed E-state index contributed by atoms with van der Waals surface area (Å²) in [5.74, 6) is 0. The van der Waals surface area contributed by atoms with Crippen LogP contribution in [0.15, 0.2) is 34.8 Å². The summed E-state index contributed by atoms with van der Waals surface area (Å²) in [6.07, 6.45) is 1.17. The van der Waals surface area contributed by atoms with Crippen molar-refractivity contribution in [3.8, 4) is 0 Å². The zero-order chi connectivity index (χ0) is 11.5. The summed E-state index contributed by atoms with van der Waals surface area (Å²) in [6, 6.07) is 2.75. The number of halogens is 2. The Morgan fingerprint density at radius 3 is 2.67 bits per heavy atom. The lowest BCUT2D eigenvalue weighted by molar-refractivity contribution is 0.585. The summed E-state index contributed by atoms with van der Waals surface area (Å²) in [5.41, 5.74) is 0. The molecule has 0 saturated heterocycles. The molecule has 0 spiro atoms. The Kier molecular flexibility index (Phi) is 4.10. The smallest absolute Gasteiger partial charge is 0.242 e. The molecule has 0 aromatic carbocycles. The molecule has 82 valence electrons. The summed E-state index contributed by atoms with van der Waals surface area (Å²) >= 11 is 11.0. The van der Waals surface area contributed by atoms with E-state index in [1.165, 1.54) is 18.3 Å². The average Bonchev–Trinajstić information content (AvgIpc) is 2.16. The van der Waals surface area contributed by atoms with E-state index in [9.17, 15) is 8.42 Å². The first kappa shape index (κ1) is 12.4. The summed E-state index contributed by atoms with van der Waals surface area (Å²) in [4.78, 5) is 3.70. The summed E-state index contributed by atoms with van der Waals surface area (Å²) in [7, 11) is -3.59. The maximum absolute atomic E-state index is 11.6. The molecule has 0 aliphatic rings. The molecule has 1 aromatic rings. The summed E-state index contributed by atoms with van der Waals surface area (Å²) in [5, 5.41) is 0.441. The van der Waals surface area contributed by atoms with Crippen LogP contribution in [0, 0.1) is 0 Å². The van der Waals surface area contributed by atoms with Gasteiger partial charge in [-0.15, -0.1) is 0 Å². The lowest BCUT2D eigenvalue weighted by atomic mass is 10.5. The van der Waals surface area contributed by atoms with Crippen LogP contribution in [-0.4, -0.2) is 19.9 Å². The van der Waals surface area contributed by atoms with E-state index in [1.807, 2.05) is 0 Å². The molecular formula is C8H8Cl2N2O2S. The van der Waals surface area contributed by atoms with Gasteiger partial charge in [0.2, 0.25) is 10.0 Å². The first-order valence-electron chi connectivity index (χ1n) is 3.86. The Hall–Kier alpha value is -0.620. The van der Waals surface area contributed by atoms with Crippen molar-refractivity contribution < 1.29 is 8.42 Å². The van der Waals surface area contributed by atoms with E-state index in [-0.39, 0.29) is 21.6 Å². The van der Waals surface area contributed by atoms with Crippen molar-refractivity contribution in [2.24, 2.45) is 0 Å². The molecule has 0 fully saturated rings. The fourth-order valence-corrected chi connectivity index (χ4v) is 2.01. The Bertz CT molecular complexity index is 456. The summed E-state index contributed by atoms with van der Waals surface area (Å²) < 4.78 is 25.4. The molecule has 7 heteroatoms. The summed E-state index contributed by atoms with van der Waals surface area (Å²) in [6.45, 7) is 3.35. The molecule has 0 saturated carbocycles. The second kappa shape index (κ2) is 4.94. The number of hydrogen-bond acceptors (Lipinski definition) is 3. The quantitative estimate of drug-likeness (QED) is 0.846. The minimum Gasteiger partial charge on any atom is -0.243 e. The van der Waals surface area contributed by atoms with E-state index in [2.05, 4.69) is 16.3 Å². The van der Waals surface area contributed by atoms with E-state index in [4.69, 9.17) is 23.2 Å². The highest BCUT2D eigenvalue weighted by Gasteiger charge is 2.13. The molecule has 0 aliphatic heterocycles. The third kappa shape index (κ3) is 3.79. The molecule has 0 atom stereocenters. The standard InChI is InChI=1S/C8H8Cl2N2O2S/c1-6(9)4-12-15(13,14)7-2-3-8(10)11-5-7/h2-3,5,12H,1,4H2. The van der Waals surface area contributed by atoms with Gasteiger partial charge in [0.05, 0.1) is 0 Å². The van der Waals surface area contributed by atoms with Crippen LogP contribution in [0.2, 0.25) is 5.15 Å². The Labute approximate surface area is 98.0 Å². The monoisotopic (exact) mass is 266 g/mol. The molecule has 0 bridgehead atoms. The molecule has 0 amide bonds. The minimum absolute atomic E-state index is 0.0213. The Balaban J connectivity index is 2.87. The van der Waals surface area contributed by atoms with Gasteiger partial charge < -0.3 is 0 Å². The molecule has 15 heavy (non-hydrogen) atoms. The number of pyridine rings is 1. The number of nitrogens with zero attached hydrogens (tertiary/aromatic N) is 1. The predicted molar refractivity (Wildman–Crippen MR) is 59.4 cm³/mol. The number of hydrogen-bond donors (Lipinski definition) is 1. The zero-order valence-electron chi connectivity index (χ0n) is 7.57. The largest absolute Gasteiger partial charge is 0.243 e. The van der Waals surface area contributed by atoms with Gasteiger partial charge in [0.15, 0.2) is 0 Å². The van der Waals surface area contributed by atoms with E-state index in [0.717, 1.165) is 0 Å². The van der Waals surface area contributed by atoms with Gasteiger partial charge in [0.25, 0.3) is 0 Å². The number of nitrogens with one attached hydrogen (secondary N) is 1. The normalized spacial score (nSPS) is 11.3. The molecule has 4 nitrogen and oxygen atoms in total. The fourth-order valence-electron chi connectivity index (χ4n) is 0.778. The molecule has 1 rings (SSSR count). The predicted octanol–water partition coefficient (Wildman–Crippen LogP) is 1.77. The highest BCUT2D eigenvalue weighted by Crippen LogP contribution is 2.10. The van der Waals surface area contributed by atoms with Crippen LogP contribution in [0.5, 0.6) is 0 Å².